The van der Waals surface area contributed by atoms with Gasteiger partial charge in [-0.15, -0.1) is 0 Å². The quantitative estimate of drug-likeness (QED) is 0.494. The van der Waals surface area contributed by atoms with Crippen LogP contribution in [-0.2, 0) is 16.1 Å². The Morgan fingerprint density at radius 3 is 2.24 bits per heavy atom. The van der Waals surface area contributed by atoms with Crippen LogP contribution in [0.1, 0.15) is 64.5 Å². The summed E-state index contributed by atoms with van der Waals surface area (Å²) in [7, 11) is 1.61. The van der Waals surface area contributed by atoms with Gasteiger partial charge in [-0.25, -0.2) is 0 Å². The SMILES string of the molecule is CC[C@@H](C)NC(=O)[C@H](CC)N(Cc1cccc(OC)c1)C(=O)COc1ccc(C(C)C)cc1. The van der Waals surface area contributed by atoms with Crippen LogP contribution in [0.2, 0.25) is 0 Å². The maximum atomic E-state index is 13.3. The van der Waals surface area contributed by atoms with E-state index in [1.807, 2.05) is 69.3 Å². The lowest BCUT2D eigenvalue weighted by Gasteiger charge is -2.31. The number of hydrogen-bond donors (Lipinski definition) is 1. The van der Waals surface area contributed by atoms with Gasteiger partial charge >= 0.3 is 0 Å². The van der Waals surface area contributed by atoms with Crippen molar-refractivity contribution in [1.29, 1.82) is 0 Å². The molecular weight excluding hydrogens is 416 g/mol. The highest BCUT2D eigenvalue weighted by atomic mass is 16.5. The summed E-state index contributed by atoms with van der Waals surface area (Å²) in [4.78, 5) is 27.9. The highest BCUT2D eigenvalue weighted by molar-refractivity contribution is 5.88. The molecule has 2 atom stereocenters. The maximum Gasteiger partial charge on any atom is 0.261 e. The van der Waals surface area contributed by atoms with Gasteiger partial charge in [-0.3, -0.25) is 9.59 Å². The van der Waals surface area contributed by atoms with Gasteiger partial charge in [-0.2, -0.15) is 0 Å². The number of carbonyl (C=O) groups is 2. The molecule has 0 spiro atoms. The first-order valence-corrected chi connectivity index (χ1v) is 11.7. The number of nitrogens with zero attached hydrogens (tertiary/aromatic N) is 1. The summed E-state index contributed by atoms with van der Waals surface area (Å²) in [5.74, 6) is 1.37. The lowest BCUT2D eigenvalue weighted by molar-refractivity contribution is -0.143. The van der Waals surface area contributed by atoms with Crippen molar-refractivity contribution < 1.29 is 19.1 Å². The van der Waals surface area contributed by atoms with Crippen molar-refractivity contribution in [3.8, 4) is 11.5 Å². The van der Waals surface area contributed by atoms with E-state index in [1.165, 1.54) is 5.56 Å². The number of hydrogen-bond acceptors (Lipinski definition) is 4. The Bertz CT molecular complexity index is 895. The highest BCUT2D eigenvalue weighted by Gasteiger charge is 2.29. The Kier molecular flexibility index (Phi) is 10.2. The number of methoxy groups -OCH3 is 1. The van der Waals surface area contributed by atoms with Crippen molar-refractivity contribution in [2.75, 3.05) is 13.7 Å². The molecule has 0 unspecified atom stereocenters. The van der Waals surface area contributed by atoms with E-state index in [2.05, 4.69) is 19.2 Å². The molecule has 0 aliphatic heterocycles. The zero-order chi connectivity index (χ0) is 24.4. The van der Waals surface area contributed by atoms with Crippen LogP contribution in [0, 0.1) is 0 Å². The van der Waals surface area contributed by atoms with Gasteiger partial charge in [0.05, 0.1) is 7.11 Å². The Hall–Kier alpha value is -3.02. The van der Waals surface area contributed by atoms with Gasteiger partial charge in [0.1, 0.15) is 17.5 Å². The molecule has 2 aromatic carbocycles. The van der Waals surface area contributed by atoms with E-state index in [1.54, 1.807) is 12.0 Å². The monoisotopic (exact) mass is 454 g/mol. The first kappa shape index (κ1) is 26.2. The largest absolute Gasteiger partial charge is 0.497 e. The van der Waals surface area contributed by atoms with Gasteiger partial charge in [0, 0.05) is 12.6 Å². The van der Waals surface area contributed by atoms with Crippen molar-refractivity contribution in [3.63, 3.8) is 0 Å². The Balaban J connectivity index is 2.21. The van der Waals surface area contributed by atoms with Crippen molar-refractivity contribution >= 4 is 11.8 Å². The number of benzene rings is 2. The van der Waals surface area contributed by atoms with Crippen LogP contribution in [0.4, 0.5) is 0 Å². The van der Waals surface area contributed by atoms with Crippen molar-refractivity contribution in [3.05, 3.63) is 59.7 Å². The fraction of sp³-hybridized carbons (Fsp3) is 0.481. The molecule has 1 N–H and O–H groups in total. The standard InChI is InChI=1S/C27H38N2O4/c1-7-20(5)28-27(31)25(8-2)29(17-21-10-9-11-24(16-21)32-6)26(30)18-33-23-14-12-22(13-15-23)19(3)4/h9-16,19-20,25H,7-8,17-18H2,1-6H3,(H,28,31)/t20-,25+/m1/s1. The van der Waals surface area contributed by atoms with Gasteiger partial charge in [-0.05, 0) is 61.1 Å². The second-order valence-corrected chi connectivity index (χ2v) is 8.63. The normalized spacial score (nSPS) is 12.7. The lowest BCUT2D eigenvalue weighted by Crippen LogP contribution is -2.51. The Morgan fingerprint density at radius 2 is 1.67 bits per heavy atom. The maximum absolute atomic E-state index is 13.3. The highest BCUT2D eigenvalue weighted by Crippen LogP contribution is 2.20. The summed E-state index contributed by atoms with van der Waals surface area (Å²) in [6.45, 7) is 10.3. The van der Waals surface area contributed by atoms with Crippen LogP contribution in [0.3, 0.4) is 0 Å². The molecule has 0 bridgehead atoms. The minimum absolute atomic E-state index is 0.0380. The smallest absolute Gasteiger partial charge is 0.261 e. The van der Waals surface area contributed by atoms with Gasteiger partial charge in [0.25, 0.3) is 5.91 Å². The number of rotatable bonds is 12. The van der Waals surface area contributed by atoms with E-state index in [0.29, 0.717) is 23.8 Å². The molecule has 0 saturated carbocycles. The Morgan fingerprint density at radius 1 is 0.970 bits per heavy atom. The third-order valence-electron chi connectivity index (χ3n) is 5.78. The molecule has 6 heteroatoms. The first-order valence-electron chi connectivity index (χ1n) is 11.7. The zero-order valence-electron chi connectivity index (χ0n) is 20.8. The minimum Gasteiger partial charge on any atom is -0.497 e. The third-order valence-corrected chi connectivity index (χ3v) is 5.78. The first-order chi connectivity index (χ1) is 15.8. The van der Waals surface area contributed by atoms with Crippen LogP contribution < -0.4 is 14.8 Å². The van der Waals surface area contributed by atoms with Gasteiger partial charge in [-0.1, -0.05) is 52.0 Å². The molecule has 33 heavy (non-hydrogen) atoms. The number of ether oxygens (including phenoxy) is 2. The molecule has 0 heterocycles. The minimum atomic E-state index is -0.593. The second kappa shape index (κ2) is 12.9. The molecular formula is C27H38N2O4. The molecule has 0 saturated heterocycles. The molecule has 0 aliphatic rings. The molecule has 2 aromatic rings. The average Bonchev–Trinajstić information content (AvgIpc) is 2.82. The van der Waals surface area contributed by atoms with Gasteiger partial charge in [0.2, 0.25) is 5.91 Å². The lowest BCUT2D eigenvalue weighted by atomic mass is 10.0. The zero-order valence-corrected chi connectivity index (χ0v) is 20.8. The van der Waals surface area contributed by atoms with Gasteiger partial charge < -0.3 is 19.7 Å². The summed E-state index contributed by atoms with van der Waals surface area (Å²) in [6.07, 6.45) is 1.32. The van der Waals surface area contributed by atoms with Crippen LogP contribution in [0.5, 0.6) is 11.5 Å². The molecule has 0 aromatic heterocycles. The van der Waals surface area contributed by atoms with Crippen molar-refractivity contribution in [2.45, 2.75) is 72.0 Å². The fourth-order valence-corrected chi connectivity index (χ4v) is 3.51. The fourth-order valence-electron chi connectivity index (χ4n) is 3.51. The van der Waals surface area contributed by atoms with Crippen LogP contribution in [0.15, 0.2) is 48.5 Å². The van der Waals surface area contributed by atoms with Gasteiger partial charge in [0.15, 0.2) is 6.61 Å². The molecule has 0 aliphatic carbocycles. The molecule has 2 amide bonds. The predicted molar refractivity (Wildman–Crippen MR) is 132 cm³/mol. The second-order valence-electron chi connectivity index (χ2n) is 8.63. The van der Waals surface area contributed by atoms with E-state index in [9.17, 15) is 9.59 Å². The topological polar surface area (TPSA) is 67.9 Å². The van der Waals surface area contributed by atoms with E-state index in [-0.39, 0.29) is 31.0 Å². The van der Waals surface area contributed by atoms with E-state index in [4.69, 9.17) is 9.47 Å². The van der Waals surface area contributed by atoms with E-state index < -0.39 is 6.04 Å². The average molecular weight is 455 g/mol. The number of amides is 2. The summed E-state index contributed by atoms with van der Waals surface area (Å²) in [6, 6.07) is 14.7. The molecule has 0 radical (unpaired) electrons. The summed E-state index contributed by atoms with van der Waals surface area (Å²) < 4.78 is 11.1. The predicted octanol–water partition coefficient (Wildman–Crippen LogP) is 4.92. The number of nitrogens with one attached hydrogen (secondary N) is 1. The van der Waals surface area contributed by atoms with Crippen molar-refractivity contribution in [1.82, 2.24) is 10.2 Å². The molecule has 0 fully saturated rings. The summed E-state index contributed by atoms with van der Waals surface area (Å²) in [5.41, 5.74) is 2.10. The molecule has 180 valence electrons. The Labute approximate surface area is 198 Å². The summed E-state index contributed by atoms with van der Waals surface area (Å²) in [5, 5.41) is 3.02. The van der Waals surface area contributed by atoms with E-state index >= 15 is 0 Å². The molecule has 6 nitrogen and oxygen atoms in total. The number of carbonyl (C=O) groups excluding carboxylic acids is 2. The van der Waals surface area contributed by atoms with Crippen LogP contribution in [-0.4, -0.2) is 42.5 Å². The van der Waals surface area contributed by atoms with Crippen molar-refractivity contribution in [2.24, 2.45) is 0 Å². The molecule has 2 rings (SSSR count). The van der Waals surface area contributed by atoms with Crippen LogP contribution in [0.25, 0.3) is 0 Å². The summed E-state index contributed by atoms with van der Waals surface area (Å²) >= 11 is 0. The van der Waals surface area contributed by atoms with E-state index in [0.717, 1.165) is 12.0 Å². The van der Waals surface area contributed by atoms with Crippen LogP contribution >= 0.6 is 0 Å². The third kappa shape index (κ3) is 7.81.